The number of hydrogen-bond acceptors (Lipinski definition) is 3. The van der Waals surface area contributed by atoms with Crippen LogP contribution in [0.1, 0.15) is 25.7 Å². The van der Waals surface area contributed by atoms with Crippen LogP contribution in [0.25, 0.3) is 0 Å². The van der Waals surface area contributed by atoms with Crippen molar-refractivity contribution in [2.75, 3.05) is 7.05 Å². The molecule has 1 heterocycles. The molecule has 0 radical (unpaired) electrons. The summed E-state index contributed by atoms with van der Waals surface area (Å²) in [4.78, 5) is 0. The van der Waals surface area contributed by atoms with Gasteiger partial charge in [0.2, 0.25) is 0 Å². The Hall–Kier alpha value is -0.680. The van der Waals surface area contributed by atoms with E-state index in [0.29, 0.717) is 10.8 Å². The maximum Gasteiger partial charge on any atom is 0.195 e. The first-order chi connectivity index (χ1) is 5.66. The summed E-state index contributed by atoms with van der Waals surface area (Å²) in [6.07, 6.45) is 0. The van der Waals surface area contributed by atoms with Crippen molar-refractivity contribution >= 4 is 12.2 Å². The zero-order valence-corrected chi connectivity index (χ0v) is 8.40. The SMILES string of the molecule is CNCc1n[nH]c(=S)n1C(C)C. The molecule has 0 spiro atoms. The summed E-state index contributed by atoms with van der Waals surface area (Å²) in [5.74, 6) is 0.956. The van der Waals surface area contributed by atoms with Crippen LogP contribution < -0.4 is 5.32 Å². The molecule has 1 rings (SSSR count). The first kappa shape index (κ1) is 9.41. The highest BCUT2D eigenvalue weighted by molar-refractivity contribution is 7.71. The second-order valence-electron chi connectivity index (χ2n) is 2.94. The molecule has 0 bridgehead atoms. The second kappa shape index (κ2) is 3.82. The summed E-state index contributed by atoms with van der Waals surface area (Å²) in [5.41, 5.74) is 0. The van der Waals surface area contributed by atoms with E-state index in [0.717, 1.165) is 12.4 Å². The van der Waals surface area contributed by atoms with Crippen LogP contribution in [0.3, 0.4) is 0 Å². The average Bonchev–Trinajstić information content (AvgIpc) is 2.32. The number of aromatic amines is 1. The molecule has 0 saturated heterocycles. The van der Waals surface area contributed by atoms with E-state index in [4.69, 9.17) is 12.2 Å². The first-order valence-electron chi connectivity index (χ1n) is 3.97. The van der Waals surface area contributed by atoms with Gasteiger partial charge in [-0.1, -0.05) is 0 Å². The zero-order valence-electron chi connectivity index (χ0n) is 7.59. The number of nitrogens with one attached hydrogen (secondary N) is 2. The van der Waals surface area contributed by atoms with E-state index in [-0.39, 0.29) is 0 Å². The molecule has 4 nitrogen and oxygen atoms in total. The van der Waals surface area contributed by atoms with Crippen LogP contribution in [-0.2, 0) is 6.54 Å². The van der Waals surface area contributed by atoms with Gasteiger partial charge in [-0.05, 0) is 33.1 Å². The first-order valence-corrected chi connectivity index (χ1v) is 4.38. The highest BCUT2D eigenvalue weighted by Crippen LogP contribution is 2.07. The van der Waals surface area contributed by atoms with Crippen molar-refractivity contribution in [2.45, 2.75) is 26.4 Å². The Morgan fingerprint density at radius 1 is 1.67 bits per heavy atom. The standard InChI is InChI=1S/C7H14N4S/c1-5(2)11-6(4-8-3)9-10-7(11)12/h5,8H,4H2,1-3H3,(H,10,12). The lowest BCUT2D eigenvalue weighted by molar-refractivity contribution is 0.549. The summed E-state index contributed by atoms with van der Waals surface area (Å²) in [6.45, 7) is 4.92. The molecule has 1 aromatic rings. The third kappa shape index (κ3) is 1.73. The maximum absolute atomic E-state index is 5.08. The molecule has 0 atom stereocenters. The van der Waals surface area contributed by atoms with Crippen LogP contribution >= 0.6 is 12.2 Å². The lowest BCUT2D eigenvalue weighted by Gasteiger charge is -2.09. The van der Waals surface area contributed by atoms with Gasteiger partial charge in [-0.3, -0.25) is 5.10 Å². The Bertz CT molecular complexity index is 299. The minimum Gasteiger partial charge on any atom is -0.313 e. The van der Waals surface area contributed by atoms with E-state index >= 15 is 0 Å². The van der Waals surface area contributed by atoms with Crippen molar-refractivity contribution in [1.82, 2.24) is 20.1 Å². The Kier molecular flexibility index (Phi) is 2.99. The minimum atomic E-state index is 0.361. The van der Waals surface area contributed by atoms with Gasteiger partial charge in [0.25, 0.3) is 0 Å². The third-order valence-electron chi connectivity index (χ3n) is 1.63. The Morgan fingerprint density at radius 3 is 2.83 bits per heavy atom. The zero-order chi connectivity index (χ0) is 9.14. The van der Waals surface area contributed by atoms with Crippen molar-refractivity contribution < 1.29 is 0 Å². The van der Waals surface area contributed by atoms with E-state index in [9.17, 15) is 0 Å². The fraction of sp³-hybridized carbons (Fsp3) is 0.714. The van der Waals surface area contributed by atoms with E-state index in [1.807, 2.05) is 11.6 Å². The van der Waals surface area contributed by atoms with Crippen LogP contribution in [0.2, 0.25) is 0 Å². The molecule has 5 heteroatoms. The van der Waals surface area contributed by atoms with Gasteiger partial charge in [0.15, 0.2) is 4.77 Å². The van der Waals surface area contributed by atoms with Crippen LogP contribution in [-0.4, -0.2) is 21.8 Å². The minimum absolute atomic E-state index is 0.361. The highest BCUT2D eigenvalue weighted by atomic mass is 32.1. The topological polar surface area (TPSA) is 45.6 Å². The molecular weight excluding hydrogens is 172 g/mol. The molecule has 0 aliphatic heterocycles. The predicted molar refractivity (Wildman–Crippen MR) is 50.6 cm³/mol. The quantitative estimate of drug-likeness (QED) is 0.698. The van der Waals surface area contributed by atoms with E-state index in [1.165, 1.54) is 0 Å². The Labute approximate surface area is 77.0 Å². The van der Waals surface area contributed by atoms with Crippen molar-refractivity contribution in [1.29, 1.82) is 0 Å². The normalized spacial score (nSPS) is 11.0. The molecule has 12 heavy (non-hydrogen) atoms. The number of H-pyrrole nitrogens is 1. The number of hydrogen-bond donors (Lipinski definition) is 2. The van der Waals surface area contributed by atoms with Gasteiger partial charge in [0.1, 0.15) is 5.82 Å². The molecule has 2 N–H and O–H groups in total. The van der Waals surface area contributed by atoms with Gasteiger partial charge in [-0.25, -0.2) is 0 Å². The van der Waals surface area contributed by atoms with E-state index < -0.39 is 0 Å². The summed E-state index contributed by atoms with van der Waals surface area (Å²) in [6, 6.07) is 0.361. The lowest BCUT2D eigenvalue weighted by atomic mass is 10.4. The molecular formula is C7H14N4S. The van der Waals surface area contributed by atoms with Crippen LogP contribution in [0.5, 0.6) is 0 Å². The monoisotopic (exact) mass is 186 g/mol. The van der Waals surface area contributed by atoms with Crippen LogP contribution in [0, 0.1) is 4.77 Å². The van der Waals surface area contributed by atoms with Gasteiger partial charge in [-0.15, -0.1) is 0 Å². The average molecular weight is 186 g/mol. The summed E-state index contributed by atoms with van der Waals surface area (Å²) in [7, 11) is 1.89. The number of nitrogens with zero attached hydrogens (tertiary/aromatic N) is 2. The smallest absolute Gasteiger partial charge is 0.195 e. The molecule has 0 fully saturated rings. The molecule has 0 amide bonds. The fourth-order valence-electron chi connectivity index (χ4n) is 1.15. The van der Waals surface area contributed by atoms with Gasteiger partial charge in [-0.2, -0.15) is 5.10 Å². The predicted octanol–water partition coefficient (Wildman–Crippen LogP) is 1.24. The van der Waals surface area contributed by atoms with Crippen molar-refractivity contribution in [3.05, 3.63) is 10.6 Å². The Morgan fingerprint density at radius 2 is 2.33 bits per heavy atom. The Balaban J connectivity index is 3.04. The van der Waals surface area contributed by atoms with Crippen molar-refractivity contribution in [3.63, 3.8) is 0 Å². The van der Waals surface area contributed by atoms with E-state index in [1.54, 1.807) is 0 Å². The molecule has 68 valence electrons. The van der Waals surface area contributed by atoms with Gasteiger partial charge in [0.05, 0.1) is 6.54 Å². The molecule has 0 saturated carbocycles. The number of aromatic nitrogens is 3. The second-order valence-corrected chi connectivity index (χ2v) is 3.33. The molecule has 0 aliphatic carbocycles. The van der Waals surface area contributed by atoms with Crippen molar-refractivity contribution in [2.24, 2.45) is 0 Å². The van der Waals surface area contributed by atoms with Crippen molar-refractivity contribution in [3.8, 4) is 0 Å². The largest absolute Gasteiger partial charge is 0.313 e. The highest BCUT2D eigenvalue weighted by Gasteiger charge is 2.06. The summed E-state index contributed by atoms with van der Waals surface area (Å²) >= 11 is 5.08. The molecule has 0 unspecified atom stereocenters. The lowest BCUT2D eigenvalue weighted by Crippen LogP contribution is -2.13. The maximum atomic E-state index is 5.08. The summed E-state index contributed by atoms with van der Waals surface area (Å²) in [5, 5.41) is 9.93. The van der Waals surface area contributed by atoms with Gasteiger partial charge in [0, 0.05) is 6.04 Å². The van der Waals surface area contributed by atoms with Crippen LogP contribution in [0.4, 0.5) is 0 Å². The van der Waals surface area contributed by atoms with Gasteiger partial charge >= 0.3 is 0 Å². The van der Waals surface area contributed by atoms with Gasteiger partial charge < -0.3 is 9.88 Å². The van der Waals surface area contributed by atoms with E-state index in [2.05, 4.69) is 29.4 Å². The fourth-order valence-corrected chi connectivity index (χ4v) is 1.51. The van der Waals surface area contributed by atoms with Crippen LogP contribution in [0.15, 0.2) is 0 Å². The third-order valence-corrected chi connectivity index (χ3v) is 1.92. The molecule has 0 aliphatic rings. The number of rotatable bonds is 3. The molecule has 0 aromatic carbocycles. The summed E-state index contributed by atoms with van der Waals surface area (Å²) < 4.78 is 2.70. The molecule has 1 aromatic heterocycles.